The maximum absolute atomic E-state index is 6.26. The van der Waals surface area contributed by atoms with Crippen molar-refractivity contribution in [1.82, 2.24) is 0 Å². The van der Waals surface area contributed by atoms with E-state index >= 15 is 0 Å². The van der Waals surface area contributed by atoms with E-state index in [1.807, 2.05) is 48.5 Å². The number of hydrogen-bond donors (Lipinski definition) is 1. The molecular weight excluding hydrogens is 286 g/mol. The minimum atomic E-state index is -0.0694. The number of nitrogens with two attached hydrogens (primary N) is 1. The number of methoxy groups -OCH3 is 1. The van der Waals surface area contributed by atoms with Gasteiger partial charge in [-0.1, -0.05) is 48.5 Å². The van der Waals surface area contributed by atoms with Gasteiger partial charge in [0.1, 0.15) is 11.5 Å². The first-order valence-electron chi connectivity index (χ1n) is 7.78. The van der Waals surface area contributed by atoms with Crippen LogP contribution < -0.4 is 15.2 Å². The molecule has 0 spiro atoms. The van der Waals surface area contributed by atoms with Crippen LogP contribution in [0.4, 0.5) is 0 Å². The number of benzene rings is 3. The molecule has 3 heteroatoms. The SMILES string of the molecule is COc1cccc(C(N)CCOc2cccc3ccccc23)c1. The molecule has 3 nitrogen and oxygen atoms in total. The van der Waals surface area contributed by atoms with E-state index in [1.54, 1.807) is 7.11 Å². The van der Waals surface area contributed by atoms with E-state index in [0.717, 1.165) is 28.9 Å². The molecule has 0 aliphatic heterocycles. The molecule has 0 fully saturated rings. The molecule has 0 bridgehead atoms. The van der Waals surface area contributed by atoms with Crippen molar-refractivity contribution >= 4 is 10.8 Å². The van der Waals surface area contributed by atoms with E-state index in [4.69, 9.17) is 15.2 Å². The summed E-state index contributed by atoms with van der Waals surface area (Å²) in [5.41, 5.74) is 7.32. The summed E-state index contributed by atoms with van der Waals surface area (Å²) in [4.78, 5) is 0. The van der Waals surface area contributed by atoms with E-state index < -0.39 is 0 Å². The lowest BCUT2D eigenvalue weighted by Crippen LogP contribution is -2.14. The summed E-state index contributed by atoms with van der Waals surface area (Å²) in [5.74, 6) is 1.73. The van der Waals surface area contributed by atoms with Gasteiger partial charge in [0, 0.05) is 17.8 Å². The molecule has 0 amide bonds. The van der Waals surface area contributed by atoms with E-state index in [2.05, 4.69) is 18.2 Å². The van der Waals surface area contributed by atoms with Crippen LogP contribution in [-0.2, 0) is 0 Å². The Hall–Kier alpha value is -2.52. The highest BCUT2D eigenvalue weighted by atomic mass is 16.5. The van der Waals surface area contributed by atoms with Gasteiger partial charge in [-0.15, -0.1) is 0 Å². The Morgan fingerprint density at radius 3 is 2.61 bits per heavy atom. The third-order valence-corrected chi connectivity index (χ3v) is 3.96. The Labute approximate surface area is 136 Å². The maximum Gasteiger partial charge on any atom is 0.127 e. The summed E-state index contributed by atoms with van der Waals surface area (Å²) >= 11 is 0. The highest BCUT2D eigenvalue weighted by molar-refractivity contribution is 5.88. The topological polar surface area (TPSA) is 44.5 Å². The third-order valence-electron chi connectivity index (χ3n) is 3.96. The second-order valence-electron chi connectivity index (χ2n) is 5.50. The molecular formula is C20H21NO2. The van der Waals surface area contributed by atoms with Crippen molar-refractivity contribution in [1.29, 1.82) is 0 Å². The monoisotopic (exact) mass is 307 g/mol. The average molecular weight is 307 g/mol. The molecule has 23 heavy (non-hydrogen) atoms. The zero-order chi connectivity index (χ0) is 16.1. The molecule has 0 aliphatic rings. The minimum absolute atomic E-state index is 0.0694. The summed E-state index contributed by atoms with van der Waals surface area (Å²) in [6, 6.07) is 22.1. The molecule has 0 saturated carbocycles. The fraction of sp³-hybridized carbons (Fsp3) is 0.200. The van der Waals surface area contributed by atoms with Crippen LogP contribution in [0.3, 0.4) is 0 Å². The quantitative estimate of drug-likeness (QED) is 0.737. The summed E-state index contributed by atoms with van der Waals surface area (Å²) in [7, 11) is 1.66. The molecule has 0 aliphatic carbocycles. The number of hydrogen-bond acceptors (Lipinski definition) is 3. The van der Waals surface area contributed by atoms with Crippen LogP contribution in [-0.4, -0.2) is 13.7 Å². The standard InChI is InChI=1S/C20H21NO2/c1-22-17-9-4-8-16(14-17)19(21)12-13-23-20-11-5-7-15-6-2-3-10-18(15)20/h2-11,14,19H,12-13,21H2,1H3. The zero-order valence-corrected chi connectivity index (χ0v) is 13.2. The first-order chi connectivity index (χ1) is 11.3. The van der Waals surface area contributed by atoms with Gasteiger partial charge < -0.3 is 15.2 Å². The van der Waals surface area contributed by atoms with Gasteiger partial charge in [-0.25, -0.2) is 0 Å². The molecule has 0 aromatic heterocycles. The average Bonchev–Trinajstić information content (AvgIpc) is 2.62. The van der Waals surface area contributed by atoms with Gasteiger partial charge in [-0.05, 0) is 29.1 Å². The van der Waals surface area contributed by atoms with Crippen molar-refractivity contribution in [2.24, 2.45) is 5.73 Å². The van der Waals surface area contributed by atoms with Gasteiger partial charge >= 0.3 is 0 Å². The maximum atomic E-state index is 6.26. The molecule has 3 aromatic carbocycles. The number of ether oxygens (including phenoxy) is 2. The molecule has 0 radical (unpaired) electrons. The largest absolute Gasteiger partial charge is 0.497 e. The number of rotatable bonds is 6. The van der Waals surface area contributed by atoms with Crippen LogP contribution in [0.25, 0.3) is 10.8 Å². The molecule has 118 valence electrons. The molecule has 2 N–H and O–H groups in total. The van der Waals surface area contributed by atoms with Gasteiger partial charge in [0.2, 0.25) is 0 Å². The second kappa shape index (κ2) is 7.16. The smallest absolute Gasteiger partial charge is 0.127 e. The van der Waals surface area contributed by atoms with E-state index in [0.29, 0.717) is 6.61 Å². The van der Waals surface area contributed by atoms with E-state index in [-0.39, 0.29) is 6.04 Å². The predicted octanol–water partition coefficient (Wildman–Crippen LogP) is 4.32. The molecule has 1 unspecified atom stereocenters. The summed E-state index contributed by atoms with van der Waals surface area (Å²) in [5, 5.41) is 2.31. The summed E-state index contributed by atoms with van der Waals surface area (Å²) in [6.07, 6.45) is 0.746. The van der Waals surface area contributed by atoms with Crippen molar-refractivity contribution in [3.63, 3.8) is 0 Å². The molecule has 1 atom stereocenters. The molecule has 3 rings (SSSR count). The highest BCUT2D eigenvalue weighted by Gasteiger charge is 2.08. The third kappa shape index (κ3) is 3.63. The lowest BCUT2D eigenvalue weighted by molar-refractivity contribution is 0.301. The summed E-state index contributed by atoms with van der Waals surface area (Å²) < 4.78 is 11.2. The number of fused-ring (bicyclic) bond motifs is 1. The Balaban J connectivity index is 1.64. The van der Waals surface area contributed by atoms with Crippen molar-refractivity contribution in [2.75, 3.05) is 13.7 Å². The van der Waals surface area contributed by atoms with Crippen LogP contribution in [0.1, 0.15) is 18.0 Å². The Morgan fingerprint density at radius 1 is 0.957 bits per heavy atom. The molecule has 0 heterocycles. The van der Waals surface area contributed by atoms with Crippen molar-refractivity contribution in [2.45, 2.75) is 12.5 Å². The second-order valence-corrected chi connectivity index (χ2v) is 5.50. The van der Waals surface area contributed by atoms with Gasteiger partial charge in [-0.2, -0.15) is 0 Å². The minimum Gasteiger partial charge on any atom is -0.497 e. The highest BCUT2D eigenvalue weighted by Crippen LogP contribution is 2.26. The van der Waals surface area contributed by atoms with Crippen LogP contribution in [0, 0.1) is 0 Å². The van der Waals surface area contributed by atoms with Crippen molar-refractivity contribution in [3.05, 3.63) is 72.3 Å². The van der Waals surface area contributed by atoms with Gasteiger partial charge in [0.05, 0.1) is 13.7 Å². The van der Waals surface area contributed by atoms with Crippen LogP contribution in [0.5, 0.6) is 11.5 Å². The van der Waals surface area contributed by atoms with Crippen LogP contribution in [0.2, 0.25) is 0 Å². The fourth-order valence-corrected chi connectivity index (χ4v) is 2.66. The van der Waals surface area contributed by atoms with E-state index in [9.17, 15) is 0 Å². The lowest BCUT2D eigenvalue weighted by Gasteiger charge is -2.14. The Bertz CT molecular complexity index is 780. The predicted molar refractivity (Wildman–Crippen MR) is 94.0 cm³/mol. The first kappa shape index (κ1) is 15.4. The molecule has 0 saturated heterocycles. The fourth-order valence-electron chi connectivity index (χ4n) is 2.66. The summed E-state index contributed by atoms with van der Waals surface area (Å²) in [6.45, 7) is 0.576. The first-order valence-corrected chi connectivity index (χ1v) is 7.78. The lowest BCUT2D eigenvalue weighted by atomic mass is 10.0. The normalized spacial score (nSPS) is 12.1. The van der Waals surface area contributed by atoms with Crippen LogP contribution >= 0.6 is 0 Å². The van der Waals surface area contributed by atoms with Crippen molar-refractivity contribution < 1.29 is 9.47 Å². The molecule has 3 aromatic rings. The Kier molecular flexibility index (Phi) is 4.79. The van der Waals surface area contributed by atoms with Gasteiger partial charge in [0.25, 0.3) is 0 Å². The van der Waals surface area contributed by atoms with Gasteiger partial charge in [-0.3, -0.25) is 0 Å². The van der Waals surface area contributed by atoms with E-state index in [1.165, 1.54) is 5.39 Å². The Morgan fingerprint density at radius 2 is 1.74 bits per heavy atom. The van der Waals surface area contributed by atoms with Gasteiger partial charge in [0.15, 0.2) is 0 Å². The van der Waals surface area contributed by atoms with Crippen molar-refractivity contribution in [3.8, 4) is 11.5 Å². The zero-order valence-electron chi connectivity index (χ0n) is 13.2. The van der Waals surface area contributed by atoms with Crippen LogP contribution in [0.15, 0.2) is 66.7 Å².